The summed E-state index contributed by atoms with van der Waals surface area (Å²) in [7, 11) is 1.49. The molecule has 0 bridgehead atoms. The van der Waals surface area contributed by atoms with E-state index in [9.17, 15) is 9.59 Å². The molecular weight excluding hydrogens is 404 g/mol. The van der Waals surface area contributed by atoms with Gasteiger partial charge < -0.3 is 19.5 Å². The summed E-state index contributed by atoms with van der Waals surface area (Å²) < 4.78 is 16.0. The zero-order valence-electron chi connectivity index (χ0n) is 17.0. The van der Waals surface area contributed by atoms with Crippen molar-refractivity contribution >= 4 is 29.3 Å². The lowest BCUT2D eigenvalue weighted by molar-refractivity contribution is -0.119. The third kappa shape index (κ3) is 7.01. The Morgan fingerprint density at radius 1 is 1.17 bits per heavy atom. The lowest BCUT2D eigenvalue weighted by atomic mass is 10.2. The predicted octanol–water partition coefficient (Wildman–Crippen LogP) is 4.29. The molecule has 2 aromatic rings. The number of anilines is 1. The Morgan fingerprint density at radius 2 is 1.97 bits per heavy atom. The fourth-order valence-corrected chi connectivity index (χ4v) is 3.12. The van der Waals surface area contributed by atoms with E-state index in [1.54, 1.807) is 30.3 Å². The van der Waals surface area contributed by atoms with E-state index in [0.29, 0.717) is 23.8 Å². The number of carbonyl (C=O) groups is 2. The number of nitriles is 1. The van der Waals surface area contributed by atoms with Crippen LogP contribution in [0.4, 0.5) is 5.69 Å². The first kappa shape index (κ1) is 23.1. The fraction of sp³-hybridized carbons (Fsp3) is 0.318. The monoisotopic (exact) mass is 428 g/mol. The molecule has 0 heterocycles. The van der Waals surface area contributed by atoms with Gasteiger partial charge in [-0.15, -0.1) is 11.8 Å². The molecule has 1 amide bonds. The van der Waals surface area contributed by atoms with Crippen LogP contribution in [0, 0.1) is 11.3 Å². The number of rotatable bonds is 11. The van der Waals surface area contributed by atoms with Crippen molar-refractivity contribution in [2.75, 3.05) is 31.4 Å². The van der Waals surface area contributed by atoms with Crippen LogP contribution >= 0.6 is 11.8 Å². The summed E-state index contributed by atoms with van der Waals surface area (Å²) in [4.78, 5) is 25.3. The van der Waals surface area contributed by atoms with Gasteiger partial charge in [0.2, 0.25) is 0 Å². The smallest absolute Gasteiger partial charge is 0.338 e. The van der Waals surface area contributed by atoms with Crippen molar-refractivity contribution in [2.24, 2.45) is 0 Å². The van der Waals surface area contributed by atoms with Crippen LogP contribution in [0.25, 0.3) is 0 Å². The van der Waals surface area contributed by atoms with Gasteiger partial charge in [0, 0.05) is 4.90 Å². The van der Waals surface area contributed by atoms with Crippen molar-refractivity contribution in [1.82, 2.24) is 0 Å². The van der Waals surface area contributed by atoms with Crippen LogP contribution in [0.1, 0.15) is 30.1 Å². The molecule has 0 saturated carbocycles. The van der Waals surface area contributed by atoms with Gasteiger partial charge in [0.1, 0.15) is 0 Å². The number of benzene rings is 2. The molecule has 0 saturated heterocycles. The van der Waals surface area contributed by atoms with Crippen molar-refractivity contribution < 1.29 is 23.8 Å². The van der Waals surface area contributed by atoms with Crippen LogP contribution in [0.5, 0.6) is 11.5 Å². The average Bonchev–Trinajstić information content (AvgIpc) is 2.77. The lowest BCUT2D eigenvalue weighted by Gasteiger charge is -2.12. The molecule has 0 aliphatic heterocycles. The van der Waals surface area contributed by atoms with Crippen LogP contribution in [-0.2, 0) is 9.53 Å². The maximum atomic E-state index is 12.3. The summed E-state index contributed by atoms with van der Waals surface area (Å²) in [5, 5.41) is 11.4. The van der Waals surface area contributed by atoms with Gasteiger partial charge in [0.15, 0.2) is 18.1 Å². The van der Waals surface area contributed by atoms with Gasteiger partial charge in [0.05, 0.1) is 36.8 Å². The summed E-state index contributed by atoms with van der Waals surface area (Å²) in [5.41, 5.74) is 0.821. The third-order valence-corrected chi connectivity index (χ3v) is 4.88. The SMILES string of the molecule is CCCCOc1ccc(C(=O)OCC(=O)Nc2ccccc2SCC#N)cc1OC. The van der Waals surface area contributed by atoms with Gasteiger partial charge in [-0.2, -0.15) is 5.26 Å². The number of ether oxygens (including phenoxy) is 3. The largest absolute Gasteiger partial charge is 0.493 e. The second-order valence-electron chi connectivity index (χ2n) is 6.13. The molecule has 2 aromatic carbocycles. The van der Waals surface area contributed by atoms with E-state index in [-0.39, 0.29) is 11.3 Å². The van der Waals surface area contributed by atoms with E-state index in [0.717, 1.165) is 17.7 Å². The van der Waals surface area contributed by atoms with Crippen LogP contribution in [-0.4, -0.2) is 38.0 Å². The molecule has 0 aliphatic carbocycles. The highest BCUT2D eigenvalue weighted by atomic mass is 32.2. The molecule has 1 N–H and O–H groups in total. The van der Waals surface area contributed by atoms with E-state index in [2.05, 4.69) is 12.2 Å². The van der Waals surface area contributed by atoms with Crippen LogP contribution < -0.4 is 14.8 Å². The second kappa shape index (κ2) is 12.4. The van der Waals surface area contributed by atoms with Crippen LogP contribution in [0.3, 0.4) is 0 Å². The number of hydrogen-bond donors (Lipinski definition) is 1. The molecule has 0 aromatic heterocycles. The van der Waals surface area contributed by atoms with Crippen molar-refractivity contribution in [2.45, 2.75) is 24.7 Å². The molecule has 8 heteroatoms. The van der Waals surface area contributed by atoms with Gasteiger partial charge >= 0.3 is 5.97 Å². The number of methoxy groups -OCH3 is 1. The molecule has 0 aliphatic rings. The number of hydrogen-bond acceptors (Lipinski definition) is 7. The Morgan fingerprint density at radius 3 is 2.70 bits per heavy atom. The number of esters is 1. The first-order chi connectivity index (χ1) is 14.6. The van der Waals surface area contributed by atoms with Crippen molar-refractivity contribution in [3.8, 4) is 17.6 Å². The Balaban J connectivity index is 1.94. The highest BCUT2D eigenvalue weighted by Gasteiger charge is 2.15. The number of para-hydroxylation sites is 1. The standard InChI is InChI=1S/C22H24N2O5S/c1-3-4-12-28-18-10-9-16(14-19(18)27-2)22(26)29-15-21(25)24-17-7-5-6-8-20(17)30-13-11-23/h5-10,14H,3-4,12-13,15H2,1-2H3,(H,24,25). The highest BCUT2D eigenvalue weighted by Crippen LogP contribution is 2.29. The number of carbonyl (C=O) groups excluding carboxylic acids is 2. The van der Waals surface area contributed by atoms with Crippen molar-refractivity contribution in [3.05, 3.63) is 48.0 Å². The van der Waals surface area contributed by atoms with E-state index < -0.39 is 18.5 Å². The van der Waals surface area contributed by atoms with Gasteiger partial charge in [-0.3, -0.25) is 4.79 Å². The summed E-state index contributed by atoms with van der Waals surface area (Å²) in [6, 6.07) is 13.9. The normalized spacial score (nSPS) is 10.0. The van der Waals surface area contributed by atoms with Crippen LogP contribution in [0.2, 0.25) is 0 Å². The molecular formula is C22H24N2O5S. The Bertz CT molecular complexity index is 911. The first-order valence-electron chi connectivity index (χ1n) is 9.45. The Kier molecular flexibility index (Phi) is 9.55. The first-order valence-corrected chi connectivity index (χ1v) is 10.4. The lowest BCUT2D eigenvalue weighted by Crippen LogP contribution is -2.21. The van der Waals surface area contributed by atoms with Gasteiger partial charge in [-0.05, 0) is 36.8 Å². The molecule has 0 spiro atoms. The van der Waals surface area contributed by atoms with E-state index in [4.69, 9.17) is 19.5 Å². The van der Waals surface area contributed by atoms with Gasteiger partial charge in [-0.1, -0.05) is 25.5 Å². The van der Waals surface area contributed by atoms with Crippen LogP contribution in [0.15, 0.2) is 47.4 Å². The molecule has 0 unspecified atom stereocenters. The quantitative estimate of drug-likeness (QED) is 0.324. The average molecular weight is 429 g/mol. The Labute approximate surface area is 180 Å². The number of amides is 1. The summed E-state index contributed by atoms with van der Waals surface area (Å²) in [5.74, 6) is 0.123. The number of nitrogens with zero attached hydrogens (tertiary/aromatic N) is 1. The predicted molar refractivity (Wildman–Crippen MR) is 115 cm³/mol. The molecule has 158 valence electrons. The van der Waals surface area contributed by atoms with E-state index in [1.165, 1.54) is 24.9 Å². The Hall–Kier alpha value is -3.18. The minimum absolute atomic E-state index is 0.257. The number of thioether (sulfide) groups is 1. The maximum absolute atomic E-state index is 12.3. The second-order valence-corrected chi connectivity index (χ2v) is 7.15. The van der Waals surface area contributed by atoms with Crippen molar-refractivity contribution in [1.29, 1.82) is 5.26 Å². The molecule has 2 rings (SSSR count). The van der Waals surface area contributed by atoms with E-state index >= 15 is 0 Å². The minimum atomic E-state index is -0.643. The molecule has 0 atom stereocenters. The molecule has 30 heavy (non-hydrogen) atoms. The zero-order valence-corrected chi connectivity index (χ0v) is 17.8. The molecule has 0 radical (unpaired) electrons. The summed E-state index contributed by atoms with van der Waals surface area (Å²) in [6.45, 7) is 2.19. The topological polar surface area (TPSA) is 97.6 Å². The third-order valence-electron chi connectivity index (χ3n) is 3.94. The van der Waals surface area contributed by atoms with Crippen molar-refractivity contribution in [3.63, 3.8) is 0 Å². The summed E-state index contributed by atoms with van der Waals surface area (Å²) in [6.07, 6.45) is 1.93. The maximum Gasteiger partial charge on any atom is 0.338 e. The molecule has 0 fully saturated rings. The summed E-state index contributed by atoms with van der Waals surface area (Å²) >= 11 is 1.31. The number of unbranched alkanes of at least 4 members (excludes halogenated alkanes) is 1. The highest BCUT2D eigenvalue weighted by molar-refractivity contribution is 7.99. The van der Waals surface area contributed by atoms with E-state index in [1.807, 2.05) is 12.1 Å². The number of nitrogens with one attached hydrogen (secondary N) is 1. The van der Waals surface area contributed by atoms with Gasteiger partial charge in [-0.25, -0.2) is 4.79 Å². The molecule has 7 nitrogen and oxygen atoms in total. The fourth-order valence-electron chi connectivity index (χ4n) is 2.45. The zero-order chi connectivity index (χ0) is 21.8. The van der Waals surface area contributed by atoms with Gasteiger partial charge in [0.25, 0.3) is 5.91 Å². The minimum Gasteiger partial charge on any atom is -0.493 e.